The first-order valence-corrected chi connectivity index (χ1v) is 24.3. The monoisotopic (exact) mass is 942 g/mol. The summed E-state index contributed by atoms with van der Waals surface area (Å²) in [5, 5.41) is 31.7. The Kier molecular flexibility index (Phi) is 28.9. The number of carbonyl (C=O) groups is 2. The number of carbonyl (C=O) groups excluding carboxylic acids is 2. The first-order chi connectivity index (χ1) is 29.8. The summed E-state index contributed by atoms with van der Waals surface area (Å²) >= 11 is 0. The normalized spacial score (nSPS) is 20.3. The van der Waals surface area contributed by atoms with Gasteiger partial charge in [-0.3, -0.25) is 22.9 Å². The van der Waals surface area contributed by atoms with Gasteiger partial charge in [0.25, 0.3) is 0 Å². The van der Waals surface area contributed by atoms with Gasteiger partial charge in [0.05, 0.1) is 6.61 Å². The van der Waals surface area contributed by atoms with E-state index in [1.165, 1.54) is 44.9 Å². The molecule has 0 amide bonds. The molecule has 1 rings (SSSR count). The summed E-state index contributed by atoms with van der Waals surface area (Å²) in [5.41, 5.74) is 0. The molecule has 0 aromatic carbocycles. The number of rotatable bonds is 26. The standard InChI is InChI=1S/C41H53O19P3/c1-3-5-7-9-11-13-15-17-19-21-23-25-27-29-34(42)55-31-33(57-35(43)30-28-26-24-22-20-18-16-14-12-10-8-6-4-2)32-56-63(53,54)60-39-36(44)37(45)40(58-61(47,48)49)41(38(39)46)59-62(50,51)52/h33,36-41,44-46H,4,6,8,10,12,14,16,18,20,22,24,26,28,30-32H2,1-2H3,(H,53,54)(H2,47,48,49)(H2,50,51,52)/t33-,36?,37-,38+,39?,40?,41+/m1/s1. The van der Waals surface area contributed by atoms with Crippen LogP contribution in [0.1, 0.15) is 104 Å². The van der Waals surface area contributed by atoms with Crippen LogP contribution in [0.4, 0.5) is 0 Å². The van der Waals surface area contributed by atoms with Gasteiger partial charge in [-0.25, -0.2) is 18.5 Å². The Morgan fingerprint density at radius 1 is 0.540 bits per heavy atom. The molecule has 0 radical (unpaired) electrons. The summed E-state index contributed by atoms with van der Waals surface area (Å²) in [5.74, 6) is 31.2. The van der Waals surface area contributed by atoms with E-state index in [-0.39, 0.29) is 6.42 Å². The number of hydrogen-bond acceptors (Lipinski definition) is 14. The minimum Gasteiger partial charge on any atom is -0.456 e. The minimum atomic E-state index is -5.63. The van der Waals surface area contributed by atoms with E-state index < -0.39 is 91.3 Å². The Labute approximate surface area is 367 Å². The number of esters is 2. The fourth-order valence-electron chi connectivity index (χ4n) is 5.52. The Hall–Kier alpha value is -3.93. The molecule has 0 aromatic rings. The van der Waals surface area contributed by atoms with Gasteiger partial charge >= 0.3 is 35.4 Å². The Morgan fingerprint density at radius 2 is 0.952 bits per heavy atom. The lowest BCUT2D eigenvalue weighted by Gasteiger charge is -2.44. The van der Waals surface area contributed by atoms with Crippen LogP contribution >= 0.6 is 23.5 Å². The van der Waals surface area contributed by atoms with E-state index in [9.17, 15) is 63.1 Å². The maximum Gasteiger partial charge on any atom is 0.472 e. The van der Waals surface area contributed by atoms with E-state index in [0.29, 0.717) is 12.8 Å². The van der Waals surface area contributed by atoms with Gasteiger partial charge < -0.3 is 49.3 Å². The van der Waals surface area contributed by atoms with Crippen LogP contribution in [-0.4, -0.2) is 108 Å². The van der Waals surface area contributed by atoms with Gasteiger partial charge in [0, 0.05) is 12.3 Å². The van der Waals surface area contributed by atoms with Gasteiger partial charge in [-0.1, -0.05) is 89.9 Å². The number of phosphoric acid groups is 3. The lowest BCUT2D eigenvalue weighted by atomic mass is 9.85. The zero-order valence-corrected chi connectivity index (χ0v) is 37.4. The third kappa shape index (κ3) is 28.5. The van der Waals surface area contributed by atoms with Crippen LogP contribution in [0, 0.1) is 82.9 Å². The van der Waals surface area contributed by atoms with Crippen molar-refractivity contribution in [3.8, 4) is 82.9 Å². The van der Waals surface area contributed by atoms with Crippen molar-refractivity contribution in [2.75, 3.05) is 13.2 Å². The summed E-state index contributed by atoms with van der Waals surface area (Å²) in [4.78, 5) is 72.4. The first-order valence-electron chi connectivity index (χ1n) is 19.8. The minimum absolute atomic E-state index is 0.0811. The van der Waals surface area contributed by atoms with E-state index in [1.807, 2.05) is 5.92 Å². The molecule has 1 saturated carbocycles. The third-order valence-electron chi connectivity index (χ3n) is 8.38. The molecule has 0 saturated heterocycles. The number of aliphatic hydroxyl groups excluding tert-OH is 3. The van der Waals surface area contributed by atoms with Gasteiger partial charge in [0.1, 0.15) is 43.2 Å². The fourth-order valence-corrected chi connectivity index (χ4v) is 7.62. The maximum atomic E-state index is 13.0. The SMILES string of the molecule is CC#CC#CC#CC#CC#CC#CC#CC(=O)OC[C@H](COP(=O)(O)OC1C(O)[C@@H](O)C(OP(=O)(O)O)[C@@H](OP(=O)(O)O)[C@H]1O)OC(=O)CCCCCCCCCCCCCCC. The van der Waals surface area contributed by atoms with Crippen LogP contribution in [0.3, 0.4) is 0 Å². The van der Waals surface area contributed by atoms with Crippen molar-refractivity contribution in [1.82, 2.24) is 0 Å². The lowest BCUT2D eigenvalue weighted by molar-refractivity contribution is -0.213. The first kappa shape index (κ1) is 57.1. The zero-order valence-electron chi connectivity index (χ0n) is 34.8. The molecule has 0 bridgehead atoms. The molecule has 0 aliphatic heterocycles. The summed E-state index contributed by atoms with van der Waals surface area (Å²) in [7, 11) is -16.7. The molecule has 19 nitrogen and oxygen atoms in total. The molecule has 8 N–H and O–H groups in total. The molecule has 0 spiro atoms. The average molecular weight is 943 g/mol. The molecule has 1 aliphatic rings. The highest BCUT2D eigenvalue weighted by Gasteiger charge is 2.56. The van der Waals surface area contributed by atoms with E-state index in [0.717, 1.165) is 25.7 Å². The van der Waals surface area contributed by atoms with Crippen molar-refractivity contribution < 1.29 is 90.6 Å². The summed E-state index contributed by atoms with van der Waals surface area (Å²) in [6.07, 6.45) is -3.06. The number of ether oxygens (including phenoxy) is 2. The van der Waals surface area contributed by atoms with Gasteiger partial charge in [0.15, 0.2) is 6.10 Å². The van der Waals surface area contributed by atoms with Crippen molar-refractivity contribution in [2.24, 2.45) is 0 Å². The molecule has 346 valence electrons. The second kappa shape index (κ2) is 31.8. The Balaban J connectivity index is 2.96. The van der Waals surface area contributed by atoms with Crippen LogP contribution in [0.15, 0.2) is 0 Å². The second-order valence-electron chi connectivity index (χ2n) is 13.5. The van der Waals surface area contributed by atoms with Gasteiger partial charge in [-0.05, 0) is 84.4 Å². The molecule has 22 heteroatoms. The van der Waals surface area contributed by atoms with Crippen LogP contribution in [-0.2, 0) is 50.9 Å². The molecule has 63 heavy (non-hydrogen) atoms. The predicted octanol–water partition coefficient (Wildman–Crippen LogP) is 2.52. The van der Waals surface area contributed by atoms with E-state index in [1.54, 1.807) is 6.92 Å². The zero-order chi connectivity index (χ0) is 47.2. The van der Waals surface area contributed by atoms with Gasteiger partial charge in [0.2, 0.25) is 0 Å². The quantitative estimate of drug-likeness (QED) is 0.0203. The molecule has 4 unspecified atom stereocenters. The van der Waals surface area contributed by atoms with E-state index in [4.69, 9.17) is 18.5 Å². The van der Waals surface area contributed by atoms with Crippen LogP contribution in [0.5, 0.6) is 0 Å². The largest absolute Gasteiger partial charge is 0.472 e. The number of unbranched alkanes of at least 4 members (excludes halogenated alkanes) is 12. The van der Waals surface area contributed by atoms with E-state index in [2.05, 4.69) is 92.9 Å². The van der Waals surface area contributed by atoms with Crippen LogP contribution < -0.4 is 0 Å². The number of aliphatic hydroxyl groups is 3. The average Bonchev–Trinajstić information content (AvgIpc) is 3.20. The Morgan fingerprint density at radius 3 is 1.41 bits per heavy atom. The van der Waals surface area contributed by atoms with E-state index >= 15 is 0 Å². The summed E-state index contributed by atoms with van der Waals surface area (Å²) < 4.78 is 64.5. The highest BCUT2D eigenvalue weighted by molar-refractivity contribution is 7.47. The fraction of sp³-hybridized carbons (Fsp3) is 0.610. The summed E-state index contributed by atoms with van der Waals surface area (Å²) in [6, 6.07) is 0. The Bertz CT molecular complexity index is 2070. The molecule has 1 aliphatic carbocycles. The summed E-state index contributed by atoms with van der Waals surface area (Å²) in [6.45, 7) is 1.99. The molecule has 0 aromatic heterocycles. The van der Waals surface area contributed by atoms with Gasteiger partial charge in [-0.2, -0.15) is 0 Å². The smallest absolute Gasteiger partial charge is 0.456 e. The number of phosphoric ester groups is 3. The van der Waals surface area contributed by atoms with Crippen molar-refractivity contribution in [3.63, 3.8) is 0 Å². The molecule has 1 fully saturated rings. The molecule has 0 heterocycles. The molecular weight excluding hydrogens is 889 g/mol. The molecule has 8 atom stereocenters. The van der Waals surface area contributed by atoms with Crippen molar-refractivity contribution >= 4 is 35.4 Å². The van der Waals surface area contributed by atoms with Gasteiger partial charge in [-0.15, -0.1) is 0 Å². The third-order valence-corrected chi connectivity index (χ3v) is 10.4. The van der Waals surface area contributed by atoms with Crippen molar-refractivity contribution in [3.05, 3.63) is 0 Å². The molecular formula is C41H53O19P3. The van der Waals surface area contributed by atoms with Crippen LogP contribution in [0.2, 0.25) is 0 Å². The highest BCUT2D eigenvalue weighted by atomic mass is 31.2. The van der Waals surface area contributed by atoms with Crippen molar-refractivity contribution in [2.45, 2.75) is 146 Å². The number of hydrogen-bond donors (Lipinski definition) is 8. The topological polar surface area (TPSA) is 303 Å². The highest BCUT2D eigenvalue weighted by Crippen LogP contribution is 2.51. The maximum absolute atomic E-state index is 13.0. The van der Waals surface area contributed by atoms with Crippen molar-refractivity contribution in [1.29, 1.82) is 0 Å². The van der Waals surface area contributed by atoms with Crippen LogP contribution in [0.25, 0.3) is 0 Å². The predicted molar refractivity (Wildman–Crippen MR) is 224 cm³/mol. The second-order valence-corrected chi connectivity index (χ2v) is 17.3. The lowest BCUT2D eigenvalue weighted by Crippen LogP contribution is -2.65.